The van der Waals surface area contributed by atoms with E-state index >= 15 is 0 Å². The highest BCUT2D eigenvalue weighted by atomic mass is 35.5. The Hall–Kier alpha value is -3.19. The van der Waals surface area contributed by atoms with Crippen LogP contribution in [0.4, 0.5) is 11.4 Å². The predicted molar refractivity (Wildman–Crippen MR) is 100 cm³/mol. The fraction of sp³-hybridized carbons (Fsp3) is 0.111. The highest BCUT2D eigenvalue weighted by Crippen LogP contribution is 2.25. The number of aromatic nitrogens is 1. The van der Waals surface area contributed by atoms with Gasteiger partial charge in [0.05, 0.1) is 21.0 Å². The molecule has 0 aliphatic heterocycles. The van der Waals surface area contributed by atoms with Gasteiger partial charge in [0, 0.05) is 28.8 Å². The van der Waals surface area contributed by atoms with Crippen LogP contribution in [0.5, 0.6) is 0 Å². The van der Waals surface area contributed by atoms with Crippen LogP contribution in [0.2, 0.25) is 5.02 Å². The number of nitrogens with one attached hydrogen (secondary N) is 2. The normalized spacial score (nSPS) is 10.7. The number of carbonyl (C=O) groups excluding carboxylic acids is 1. The molecule has 3 rings (SSSR count). The number of fused-ring (bicyclic) bond motifs is 1. The molecular weight excluding hydrogens is 358 g/mol. The number of hydrogen-bond acceptors (Lipinski definition) is 4. The number of halogens is 1. The topological polar surface area (TPSA) is 105 Å². The van der Waals surface area contributed by atoms with E-state index in [1.54, 1.807) is 25.1 Å². The fourth-order valence-corrected chi connectivity index (χ4v) is 2.84. The summed E-state index contributed by atoms with van der Waals surface area (Å²) in [6, 6.07) is 8.76. The molecule has 0 saturated heterocycles. The number of rotatable bonds is 3. The van der Waals surface area contributed by atoms with Crippen molar-refractivity contribution in [3.63, 3.8) is 0 Å². The zero-order valence-corrected chi connectivity index (χ0v) is 14.7. The van der Waals surface area contributed by atoms with E-state index in [2.05, 4.69) is 10.3 Å². The Balaban J connectivity index is 1.98. The first-order valence-corrected chi connectivity index (χ1v) is 8.04. The number of benzene rings is 2. The third-order valence-electron chi connectivity index (χ3n) is 4.24. The van der Waals surface area contributed by atoms with Crippen molar-refractivity contribution in [1.82, 2.24) is 4.98 Å². The molecule has 0 unspecified atom stereocenters. The molecule has 0 atom stereocenters. The number of pyridine rings is 1. The summed E-state index contributed by atoms with van der Waals surface area (Å²) in [5.74, 6) is -0.579. The number of carbonyl (C=O) groups is 1. The molecule has 1 aromatic heterocycles. The molecule has 0 aliphatic rings. The molecule has 0 saturated carbocycles. The number of anilines is 1. The highest BCUT2D eigenvalue weighted by Gasteiger charge is 2.16. The van der Waals surface area contributed by atoms with Gasteiger partial charge in [-0.05, 0) is 37.6 Å². The van der Waals surface area contributed by atoms with Gasteiger partial charge in [0.25, 0.3) is 17.2 Å². The lowest BCUT2D eigenvalue weighted by Crippen LogP contribution is -2.14. The Kier molecular flexibility index (Phi) is 4.48. The van der Waals surface area contributed by atoms with Gasteiger partial charge in [-0.3, -0.25) is 19.7 Å². The number of aryl methyl sites for hydroxylation is 1. The summed E-state index contributed by atoms with van der Waals surface area (Å²) in [6.45, 7) is 3.60. The number of amides is 1. The number of nitro benzene ring substituents is 1. The molecule has 0 aliphatic carbocycles. The van der Waals surface area contributed by atoms with Crippen LogP contribution in [0.1, 0.15) is 21.5 Å². The lowest BCUT2D eigenvalue weighted by molar-refractivity contribution is -0.384. The zero-order valence-electron chi connectivity index (χ0n) is 13.9. The van der Waals surface area contributed by atoms with E-state index in [0.29, 0.717) is 16.8 Å². The van der Waals surface area contributed by atoms with E-state index in [1.807, 2.05) is 6.92 Å². The summed E-state index contributed by atoms with van der Waals surface area (Å²) < 4.78 is 0. The molecule has 132 valence electrons. The van der Waals surface area contributed by atoms with Gasteiger partial charge in [0.15, 0.2) is 0 Å². The summed E-state index contributed by atoms with van der Waals surface area (Å²) in [5, 5.41) is 14.5. The third-order valence-corrected chi connectivity index (χ3v) is 4.57. The van der Waals surface area contributed by atoms with Crippen LogP contribution in [0.25, 0.3) is 10.9 Å². The lowest BCUT2D eigenvalue weighted by Gasteiger charge is -2.10. The van der Waals surface area contributed by atoms with Crippen LogP contribution in [0.3, 0.4) is 0 Å². The number of non-ortho nitro benzene ring substituents is 1. The second-order valence-electron chi connectivity index (χ2n) is 5.84. The van der Waals surface area contributed by atoms with E-state index in [1.165, 1.54) is 12.1 Å². The van der Waals surface area contributed by atoms with E-state index in [4.69, 9.17) is 11.6 Å². The maximum atomic E-state index is 12.4. The average molecular weight is 372 g/mol. The van der Waals surface area contributed by atoms with Crippen LogP contribution in [0, 0.1) is 24.0 Å². The van der Waals surface area contributed by atoms with Gasteiger partial charge in [0.2, 0.25) is 0 Å². The summed E-state index contributed by atoms with van der Waals surface area (Å²) in [4.78, 5) is 37.4. The molecule has 1 amide bonds. The van der Waals surface area contributed by atoms with Crippen LogP contribution in [-0.2, 0) is 0 Å². The summed E-state index contributed by atoms with van der Waals surface area (Å²) >= 11 is 5.99. The molecule has 0 fully saturated rings. The van der Waals surface area contributed by atoms with Gasteiger partial charge in [-0.25, -0.2) is 0 Å². The monoisotopic (exact) mass is 371 g/mol. The van der Waals surface area contributed by atoms with Gasteiger partial charge < -0.3 is 10.3 Å². The summed E-state index contributed by atoms with van der Waals surface area (Å²) in [7, 11) is 0. The highest BCUT2D eigenvalue weighted by molar-refractivity contribution is 6.34. The minimum absolute atomic E-state index is 0.00505. The molecule has 26 heavy (non-hydrogen) atoms. The second-order valence-corrected chi connectivity index (χ2v) is 6.25. The summed E-state index contributed by atoms with van der Waals surface area (Å²) in [5.41, 5.74) is 2.09. The van der Waals surface area contributed by atoms with Crippen molar-refractivity contribution in [2.75, 3.05) is 5.32 Å². The van der Waals surface area contributed by atoms with Crippen LogP contribution < -0.4 is 10.9 Å². The number of nitro groups is 1. The molecule has 8 heteroatoms. The SMILES string of the molecule is Cc1c(C)c2ccc(NC(=O)c3cc([N+](=O)[O-])ccc3Cl)cc2[nH]c1=O. The first-order valence-electron chi connectivity index (χ1n) is 7.66. The molecule has 3 aromatic rings. The van der Waals surface area contributed by atoms with E-state index in [9.17, 15) is 19.7 Å². The first kappa shape index (κ1) is 17.6. The van der Waals surface area contributed by atoms with Gasteiger partial charge >= 0.3 is 0 Å². The Labute approximate surface area is 152 Å². The van der Waals surface area contributed by atoms with Crippen molar-refractivity contribution in [2.24, 2.45) is 0 Å². The standard InChI is InChI=1S/C18H14ClN3O4/c1-9-10(2)17(23)21-16-7-11(3-5-13(9)16)20-18(24)14-8-12(22(25)26)4-6-15(14)19/h3-8H,1-2H3,(H,20,24)(H,21,23). The van der Waals surface area contributed by atoms with Crippen LogP contribution in [0.15, 0.2) is 41.2 Å². The van der Waals surface area contributed by atoms with Gasteiger partial charge in [-0.15, -0.1) is 0 Å². The molecule has 1 heterocycles. The van der Waals surface area contributed by atoms with Crippen molar-refractivity contribution in [1.29, 1.82) is 0 Å². The first-order chi connectivity index (χ1) is 12.3. The Morgan fingerprint density at radius 2 is 1.88 bits per heavy atom. The molecule has 7 nitrogen and oxygen atoms in total. The van der Waals surface area contributed by atoms with Gasteiger partial charge in [-0.1, -0.05) is 17.7 Å². The Bertz CT molecular complexity index is 1120. The largest absolute Gasteiger partial charge is 0.322 e. The third kappa shape index (κ3) is 3.16. The molecule has 0 bridgehead atoms. The van der Waals surface area contributed by atoms with Crippen LogP contribution >= 0.6 is 11.6 Å². The van der Waals surface area contributed by atoms with Crippen molar-refractivity contribution in [2.45, 2.75) is 13.8 Å². The van der Waals surface area contributed by atoms with E-state index in [-0.39, 0.29) is 21.8 Å². The fourth-order valence-electron chi connectivity index (χ4n) is 2.64. The minimum Gasteiger partial charge on any atom is -0.322 e. The van der Waals surface area contributed by atoms with Crippen molar-refractivity contribution < 1.29 is 9.72 Å². The van der Waals surface area contributed by atoms with Crippen LogP contribution in [-0.4, -0.2) is 15.8 Å². The Morgan fingerprint density at radius 1 is 1.15 bits per heavy atom. The molecule has 0 spiro atoms. The average Bonchev–Trinajstić information content (AvgIpc) is 2.59. The zero-order chi connectivity index (χ0) is 19.0. The van der Waals surface area contributed by atoms with Crippen molar-refractivity contribution >= 4 is 39.8 Å². The lowest BCUT2D eigenvalue weighted by atomic mass is 10.1. The maximum Gasteiger partial charge on any atom is 0.270 e. The van der Waals surface area contributed by atoms with E-state index in [0.717, 1.165) is 17.0 Å². The van der Waals surface area contributed by atoms with Crippen molar-refractivity contribution in [3.05, 3.63) is 78.6 Å². The smallest absolute Gasteiger partial charge is 0.270 e. The van der Waals surface area contributed by atoms with Gasteiger partial charge in [-0.2, -0.15) is 0 Å². The molecular formula is C18H14ClN3O4. The van der Waals surface area contributed by atoms with E-state index < -0.39 is 10.8 Å². The number of aromatic amines is 1. The number of H-pyrrole nitrogens is 1. The number of hydrogen-bond donors (Lipinski definition) is 2. The molecule has 0 radical (unpaired) electrons. The van der Waals surface area contributed by atoms with Crippen molar-refractivity contribution in [3.8, 4) is 0 Å². The predicted octanol–water partition coefficient (Wildman–Crippen LogP) is 3.96. The minimum atomic E-state index is -0.598. The maximum absolute atomic E-state index is 12.4. The quantitative estimate of drug-likeness (QED) is 0.537. The summed E-state index contributed by atoms with van der Waals surface area (Å²) in [6.07, 6.45) is 0. The second kappa shape index (κ2) is 6.61. The van der Waals surface area contributed by atoms with Gasteiger partial charge in [0.1, 0.15) is 0 Å². The molecule has 2 aromatic carbocycles. The Morgan fingerprint density at radius 3 is 2.58 bits per heavy atom. The molecule has 2 N–H and O–H groups in total. The number of nitrogens with zero attached hydrogens (tertiary/aromatic N) is 1.